The molecule has 0 spiro atoms. The van der Waals surface area contributed by atoms with Gasteiger partial charge in [0.2, 0.25) is 0 Å². The van der Waals surface area contributed by atoms with Gasteiger partial charge in [-0.2, -0.15) is 0 Å². The first-order chi connectivity index (χ1) is 10.8. The minimum absolute atomic E-state index is 0.583. The van der Waals surface area contributed by atoms with Gasteiger partial charge in [0.05, 0.1) is 13.3 Å². The van der Waals surface area contributed by atoms with E-state index in [1.165, 1.54) is 5.57 Å². The zero-order valence-electron chi connectivity index (χ0n) is 12.5. The number of hydrogen-bond donors (Lipinski definition) is 0. The van der Waals surface area contributed by atoms with Gasteiger partial charge in [0.25, 0.3) is 0 Å². The van der Waals surface area contributed by atoms with Crippen molar-refractivity contribution in [3.05, 3.63) is 59.7 Å². The molecular weight excluding hydrogens is 280 g/mol. The zero-order chi connectivity index (χ0) is 15.1. The largest absolute Gasteiger partial charge is 0.287 e. The predicted octanol–water partition coefficient (Wildman–Crippen LogP) is 2.77. The third-order valence-electron chi connectivity index (χ3n) is 3.76. The summed E-state index contributed by atoms with van der Waals surface area (Å²) in [5.74, 6) is 2.63. The summed E-state index contributed by atoms with van der Waals surface area (Å²) in [4.78, 5) is 13.9. The van der Waals surface area contributed by atoms with E-state index in [9.17, 15) is 0 Å². The monoisotopic (exact) mass is 296 g/mol. The molecule has 7 nitrogen and oxygen atoms in total. The number of pyridine rings is 1. The Morgan fingerprint density at radius 1 is 1.18 bits per heavy atom. The topological polar surface area (TPSA) is 56.6 Å². The SMILES string of the molecule is CON1C=C2N=NC3=C(N2C1)N(c1ccccn1)C=C(C)C3. The van der Waals surface area contributed by atoms with E-state index >= 15 is 0 Å². The second-order valence-corrected chi connectivity index (χ2v) is 5.34. The highest BCUT2D eigenvalue weighted by atomic mass is 16.7. The molecule has 0 unspecified atom stereocenters. The van der Waals surface area contributed by atoms with Crippen LogP contribution in [0.25, 0.3) is 0 Å². The number of aromatic nitrogens is 1. The van der Waals surface area contributed by atoms with Crippen LogP contribution in [0.4, 0.5) is 5.82 Å². The highest BCUT2D eigenvalue weighted by molar-refractivity contribution is 5.54. The molecule has 7 heteroatoms. The highest BCUT2D eigenvalue weighted by Crippen LogP contribution is 2.38. The van der Waals surface area contributed by atoms with Crippen LogP contribution in [-0.2, 0) is 4.84 Å². The third-order valence-corrected chi connectivity index (χ3v) is 3.76. The maximum atomic E-state index is 5.29. The number of fused-ring (bicyclic) bond motifs is 2. The van der Waals surface area contributed by atoms with Crippen LogP contribution in [0.2, 0.25) is 0 Å². The Kier molecular flexibility index (Phi) is 2.93. The van der Waals surface area contributed by atoms with E-state index in [2.05, 4.69) is 38.1 Å². The lowest BCUT2D eigenvalue weighted by Crippen LogP contribution is -2.37. The molecule has 3 aliphatic heterocycles. The van der Waals surface area contributed by atoms with Crippen molar-refractivity contribution in [2.75, 3.05) is 18.7 Å². The third kappa shape index (κ3) is 1.98. The minimum atomic E-state index is 0.583. The van der Waals surface area contributed by atoms with Crippen molar-refractivity contribution in [2.45, 2.75) is 13.3 Å². The van der Waals surface area contributed by atoms with Crippen molar-refractivity contribution in [2.24, 2.45) is 10.2 Å². The van der Waals surface area contributed by atoms with E-state index in [-0.39, 0.29) is 0 Å². The molecule has 0 saturated carbocycles. The molecule has 0 N–H and O–H groups in total. The average Bonchev–Trinajstić information content (AvgIpc) is 2.98. The van der Waals surface area contributed by atoms with Gasteiger partial charge < -0.3 is 0 Å². The van der Waals surface area contributed by atoms with Gasteiger partial charge in [0.1, 0.15) is 24.0 Å². The number of allylic oxidation sites excluding steroid dienone is 1. The summed E-state index contributed by atoms with van der Waals surface area (Å²) in [5, 5.41) is 10.4. The molecule has 4 rings (SSSR count). The molecule has 0 aliphatic carbocycles. The lowest BCUT2D eigenvalue weighted by Gasteiger charge is -2.36. The Bertz CT molecular complexity index is 721. The quantitative estimate of drug-likeness (QED) is 0.840. The molecule has 0 fully saturated rings. The fourth-order valence-electron chi connectivity index (χ4n) is 2.77. The van der Waals surface area contributed by atoms with Crippen molar-refractivity contribution in [1.29, 1.82) is 0 Å². The van der Waals surface area contributed by atoms with Crippen LogP contribution in [0.15, 0.2) is 69.9 Å². The second-order valence-electron chi connectivity index (χ2n) is 5.34. The van der Waals surface area contributed by atoms with Crippen LogP contribution >= 0.6 is 0 Å². The molecule has 1 aromatic heterocycles. The Hall–Kier alpha value is -2.67. The van der Waals surface area contributed by atoms with Crippen LogP contribution in [0.5, 0.6) is 0 Å². The second kappa shape index (κ2) is 4.96. The average molecular weight is 296 g/mol. The van der Waals surface area contributed by atoms with Crippen LogP contribution < -0.4 is 4.90 Å². The fourth-order valence-corrected chi connectivity index (χ4v) is 2.77. The fraction of sp³-hybridized carbons (Fsp3) is 0.267. The Morgan fingerprint density at radius 2 is 2.09 bits per heavy atom. The summed E-state index contributed by atoms with van der Waals surface area (Å²) >= 11 is 0. The normalized spacial score (nSPS) is 20.0. The number of hydroxylamine groups is 2. The maximum Gasteiger partial charge on any atom is 0.177 e. The van der Waals surface area contributed by atoms with E-state index < -0.39 is 0 Å². The van der Waals surface area contributed by atoms with Crippen molar-refractivity contribution < 1.29 is 4.84 Å². The molecule has 3 aliphatic rings. The van der Waals surface area contributed by atoms with E-state index in [0.717, 1.165) is 29.6 Å². The Balaban J connectivity index is 1.79. The van der Waals surface area contributed by atoms with Gasteiger partial charge in [0, 0.05) is 18.8 Å². The van der Waals surface area contributed by atoms with E-state index in [4.69, 9.17) is 4.84 Å². The number of anilines is 1. The first-order valence-corrected chi connectivity index (χ1v) is 7.09. The first-order valence-electron chi connectivity index (χ1n) is 7.09. The zero-order valence-corrected chi connectivity index (χ0v) is 12.5. The van der Waals surface area contributed by atoms with Crippen molar-refractivity contribution >= 4 is 5.82 Å². The van der Waals surface area contributed by atoms with Crippen LogP contribution in [0.1, 0.15) is 13.3 Å². The van der Waals surface area contributed by atoms with Gasteiger partial charge in [-0.15, -0.1) is 10.2 Å². The van der Waals surface area contributed by atoms with Gasteiger partial charge in [-0.05, 0) is 19.1 Å². The molecule has 0 atom stereocenters. The van der Waals surface area contributed by atoms with Gasteiger partial charge in [-0.1, -0.05) is 11.6 Å². The minimum Gasteiger partial charge on any atom is -0.287 e. The van der Waals surface area contributed by atoms with Crippen molar-refractivity contribution in [3.8, 4) is 0 Å². The molecule has 22 heavy (non-hydrogen) atoms. The van der Waals surface area contributed by atoms with E-state index in [1.807, 2.05) is 24.4 Å². The van der Waals surface area contributed by atoms with E-state index in [0.29, 0.717) is 6.67 Å². The summed E-state index contributed by atoms with van der Waals surface area (Å²) < 4.78 is 0. The van der Waals surface area contributed by atoms with Crippen LogP contribution in [0.3, 0.4) is 0 Å². The highest BCUT2D eigenvalue weighted by Gasteiger charge is 2.35. The van der Waals surface area contributed by atoms with Gasteiger partial charge >= 0.3 is 0 Å². The summed E-state index contributed by atoms with van der Waals surface area (Å²) in [7, 11) is 1.64. The van der Waals surface area contributed by atoms with Crippen LogP contribution in [-0.4, -0.2) is 28.7 Å². The molecule has 0 aromatic carbocycles. The van der Waals surface area contributed by atoms with Gasteiger partial charge in [-0.3, -0.25) is 14.6 Å². The summed E-state index contributed by atoms with van der Waals surface area (Å²) in [6, 6.07) is 5.87. The molecular formula is C15H16N6O. The lowest BCUT2D eigenvalue weighted by molar-refractivity contribution is -0.0952. The molecule has 0 bridgehead atoms. The number of rotatable bonds is 2. The van der Waals surface area contributed by atoms with Crippen LogP contribution in [0, 0.1) is 0 Å². The molecule has 0 radical (unpaired) electrons. The Labute approximate surface area is 128 Å². The number of azo groups is 1. The van der Waals surface area contributed by atoms with Gasteiger partial charge in [0.15, 0.2) is 5.82 Å². The maximum absolute atomic E-state index is 5.29. The molecule has 4 heterocycles. The molecule has 112 valence electrons. The summed E-state index contributed by atoms with van der Waals surface area (Å²) in [6.45, 7) is 2.67. The summed E-state index contributed by atoms with van der Waals surface area (Å²) in [6.07, 6.45) is 6.53. The van der Waals surface area contributed by atoms with Gasteiger partial charge in [-0.25, -0.2) is 10.0 Å². The number of nitrogens with zero attached hydrogens (tertiary/aromatic N) is 6. The standard InChI is InChI=1S/C15H16N6O/c1-11-7-12-15(20(8-11)13-5-3-4-6-16-13)21-10-19(22-2)9-14(21)18-17-12/h3-6,8-9H,7,10H2,1-2H3. The molecule has 1 aromatic rings. The predicted molar refractivity (Wildman–Crippen MR) is 80.6 cm³/mol. The Morgan fingerprint density at radius 3 is 2.86 bits per heavy atom. The lowest BCUT2D eigenvalue weighted by atomic mass is 10.1. The molecule has 0 amide bonds. The van der Waals surface area contributed by atoms with Crippen molar-refractivity contribution in [3.63, 3.8) is 0 Å². The van der Waals surface area contributed by atoms with E-state index in [1.54, 1.807) is 18.4 Å². The smallest absolute Gasteiger partial charge is 0.177 e. The molecule has 0 saturated heterocycles. The van der Waals surface area contributed by atoms with Crippen molar-refractivity contribution in [1.82, 2.24) is 14.9 Å². The summed E-state index contributed by atoms with van der Waals surface area (Å²) in [5.41, 5.74) is 2.17. The first kappa shape index (κ1) is 13.0. The number of hydrogen-bond acceptors (Lipinski definition) is 7.